The molecule has 0 saturated carbocycles. The smallest absolute Gasteiger partial charge is 0.376 e. The Morgan fingerprint density at radius 2 is 1.94 bits per heavy atom. The second-order valence-corrected chi connectivity index (χ2v) is 4.07. The fourth-order valence-electron chi connectivity index (χ4n) is 1.01. The minimum absolute atomic E-state index is 0.158. The van der Waals surface area contributed by atoms with Crippen LogP contribution < -0.4 is 0 Å². The number of ether oxygens (including phenoxy) is 1. The van der Waals surface area contributed by atoms with Crippen LogP contribution in [0.25, 0.3) is 0 Å². The maximum Gasteiger partial charge on any atom is 0.391 e. The van der Waals surface area contributed by atoms with Gasteiger partial charge in [-0.3, -0.25) is 0 Å². The summed E-state index contributed by atoms with van der Waals surface area (Å²) in [6.45, 7) is -0.617. The first kappa shape index (κ1) is 13.4. The van der Waals surface area contributed by atoms with E-state index in [1.165, 1.54) is 12.1 Å². The Hall–Kier alpha value is -0.620. The van der Waals surface area contributed by atoms with Crippen molar-refractivity contribution in [3.8, 4) is 0 Å². The molecule has 0 aliphatic rings. The Morgan fingerprint density at radius 1 is 1.25 bits per heavy atom. The first-order valence-electron chi connectivity index (χ1n) is 4.47. The maximum absolute atomic E-state index is 13.2. The van der Waals surface area contributed by atoms with Gasteiger partial charge in [0, 0.05) is 10.0 Å². The fraction of sp³-hybridized carbons (Fsp3) is 0.400. The van der Waals surface area contributed by atoms with E-state index < -0.39 is 25.0 Å². The average Bonchev–Trinajstić information content (AvgIpc) is 2.13. The molecule has 0 aliphatic carbocycles. The molecule has 0 amide bonds. The molecule has 1 aromatic carbocycles. The lowest BCUT2D eigenvalue weighted by Gasteiger charge is -2.08. The monoisotopic (exact) mass is 300 g/mol. The van der Waals surface area contributed by atoms with Crippen LogP contribution >= 0.6 is 15.9 Å². The van der Waals surface area contributed by atoms with E-state index in [1.54, 1.807) is 6.07 Å². The van der Waals surface area contributed by atoms with Gasteiger partial charge in [-0.15, -0.1) is 0 Å². The summed E-state index contributed by atoms with van der Waals surface area (Å²) in [6.07, 6.45) is -5.26. The Kier molecular flexibility index (Phi) is 4.73. The number of benzene rings is 1. The minimum atomic E-state index is -4.24. The Labute approximate surface area is 98.5 Å². The maximum atomic E-state index is 13.2. The van der Waals surface area contributed by atoms with E-state index in [-0.39, 0.29) is 12.2 Å². The molecule has 0 radical (unpaired) electrons. The molecule has 90 valence electrons. The van der Waals surface area contributed by atoms with Gasteiger partial charge >= 0.3 is 6.18 Å². The number of rotatable bonds is 4. The van der Waals surface area contributed by atoms with Crippen LogP contribution in [0.2, 0.25) is 0 Å². The predicted molar refractivity (Wildman–Crippen MR) is 54.4 cm³/mol. The van der Waals surface area contributed by atoms with E-state index in [1.807, 2.05) is 0 Å². The van der Waals surface area contributed by atoms with Crippen molar-refractivity contribution in [2.75, 3.05) is 6.61 Å². The SMILES string of the molecule is Fc1cc(Br)ccc1COCCC(F)(F)F. The number of alkyl halides is 3. The number of hydrogen-bond acceptors (Lipinski definition) is 1. The standard InChI is InChI=1S/C10H9BrF4O/c11-8-2-1-7(9(12)5-8)6-16-4-3-10(13,14)15/h1-2,5H,3-4,6H2. The van der Waals surface area contributed by atoms with Crippen LogP contribution in [0.1, 0.15) is 12.0 Å². The average molecular weight is 301 g/mol. The number of halogens is 5. The van der Waals surface area contributed by atoms with Crippen LogP contribution in [-0.4, -0.2) is 12.8 Å². The normalized spacial score (nSPS) is 11.8. The van der Waals surface area contributed by atoms with Gasteiger partial charge in [-0.05, 0) is 12.1 Å². The summed E-state index contributed by atoms with van der Waals surface area (Å²) in [5.41, 5.74) is 0.241. The van der Waals surface area contributed by atoms with Gasteiger partial charge in [0.05, 0.1) is 19.6 Å². The van der Waals surface area contributed by atoms with E-state index in [9.17, 15) is 17.6 Å². The second-order valence-electron chi connectivity index (χ2n) is 3.15. The zero-order valence-electron chi connectivity index (χ0n) is 8.15. The molecule has 0 unspecified atom stereocenters. The highest BCUT2D eigenvalue weighted by Crippen LogP contribution is 2.20. The molecule has 1 rings (SSSR count). The van der Waals surface area contributed by atoms with Crippen molar-refractivity contribution < 1.29 is 22.3 Å². The van der Waals surface area contributed by atoms with Crippen LogP contribution in [0.5, 0.6) is 0 Å². The fourth-order valence-corrected chi connectivity index (χ4v) is 1.34. The molecule has 16 heavy (non-hydrogen) atoms. The summed E-state index contributed by atoms with van der Waals surface area (Å²) in [5, 5.41) is 0. The van der Waals surface area contributed by atoms with Gasteiger partial charge in [0.25, 0.3) is 0 Å². The topological polar surface area (TPSA) is 9.23 Å². The minimum Gasteiger partial charge on any atom is -0.376 e. The Bertz CT molecular complexity index is 351. The lowest BCUT2D eigenvalue weighted by atomic mass is 10.2. The first-order valence-corrected chi connectivity index (χ1v) is 5.26. The van der Waals surface area contributed by atoms with E-state index >= 15 is 0 Å². The summed E-state index contributed by atoms with van der Waals surface area (Å²) in [5.74, 6) is -0.499. The van der Waals surface area contributed by atoms with Crippen LogP contribution in [0.15, 0.2) is 22.7 Å². The molecule has 0 aliphatic heterocycles. The number of hydrogen-bond donors (Lipinski definition) is 0. The molecule has 0 spiro atoms. The third-order valence-corrected chi connectivity index (χ3v) is 2.30. The van der Waals surface area contributed by atoms with Crippen molar-refractivity contribution in [1.29, 1.82) is 0 Å². The van der Waals surface area contributed by atoms with Crippen molar-refractivity contribution in [3.63, 3.8) is 0 Å². The molecule has 0 N–H and O–H groups in total. The van der Waals surface area contributed by atoms with Crippen LogP contribution in [0.3, 0.4) is 0 Å². The Balaban J connectivity index is 2.38. The molecule has 6 heteroatoms. The van der Waals surface area contributed by atoms with Gasteiger partial charge in [-0.1, -0.05) is 22.0 Å². The Morgan fingerprint density at radius 3 is 2.50 bits per heavy atom. The predicted octanol–water partition coefficient (Wildman–Crippen LogP) is 4.06. The molecule has 1 aromatic rings. The highest BCUT2D eigenvalue weighted by Gasteiger charge is 2.26. The van der Waals surface area contributed by atoms with E-state index in [2.05, 4.69) is 15.9 Å². The van der Waals surface area contributed by atoms with Gasteiger partial charge in [-0.2, -0.15) is 13.2 Å². The third-order valence-electron chi connectivity index (χ3n) is 1.80. The lowest BCUT2D eigenvalue weighted by molar-refractivity contribution is -0.146. The van der Waals surface area contributed by atoms with Crippen LogP contribution in [0.4, 0.5) is 17.6 Å². The first-order chi connectivity index (χ1) is 7.38. The van der Waals surface area contributed by atoms with E-state index in [0.29, 0.717) is 4.47 Å². The largest absolute Gasteiger partial charge is 0.391 e. The van der Waals surface area contributed by atoms with E-state index in [0.717, 1.165) is 0 Å². The zero-order valence-corrected chi connectivity index (χ0v) is 9.74. The summed E-state index contributed by atoms with van der Waals surface area (Å²) in [4.78, 5) is 0. The van der Waals surface area contributed by atoms with Crippen molar-refractivity contribution in [2.45, 2.75) is 19.2 Å². The van der Waals surface area contributed by atoms with Crippen molar-refractivity contribution in [1.82, 2.24) is 0 Å². The highest BCUT2D eigenvalue weighted by atomic mass is 79.9. The van der Waals surface area contributed by atoms with Gasteiger partial charge in [0.2, 0.25) is 0 Å². The second kappa shape index (κ2) is 5.63. The molecule has 0 atom stereocenters. The van der Waals surface area contributed by atoms with Crippen LogP contribution in [0, 0.1) is 5.82 Å². The third kappa shape index (κ3) is 4.94. The molecule has 1 nitrogen and oxygen atoms in total. The summed E-state index contributed by atoms with van der Waals surface area (Å²) < 4.78 is 53.8. The highest BCUT2D eigenvalue weighted by molar-refractivity contribution is 9.10. The van der Waals surface area contributed by atoms with Gasteiger partial charge in [0.1, 0.15) is 5.82 Å². The van der Waals surface area contributed by atoms with Gasteiger partial charge in [0.15, 0.2) is 0 Å². The lowest BCUT2D eigenvalue weighted by Crippen LogP contribution is -2.11. The molecule has 0 saturated heterocycles. The molecular weight excluding hydrogens is 292 g/mol. The van der Waals surface area contributed by atoms with Crippen LogP contribution in [-0.2, 0) is 11.3 Å². The molecule has 0 aromatic heterocycles. The van der Waals surface area contributed by atoms with Crippen molar-refractivity contribution in [3.05, 3.63) is 34.1 Å². The van der Waals surface area contributed by atoms with Gasteiger partial charge in [-0.25, -0.2) is 4.39 Å². The molecule has 0 fully saturated rings. The van der Waals surface area contributed by atoms with Crippen molar-refractivity contribution >= 4 is 15.9 Å². The summed E-state index contributed by atoms with van der Waals surface area (Å²) in [7, 11) is 0. The van der Waals surface area contributed by atoms with Crippen molar-refractivity contribution in [2.24, 2.45) is 0 Å². The molecule has 0 heterocycles. The zero-order chi connectivity index (χ0) is 12.2. The summed E-state index contributed by atoms with van der Waals surface area (Å²) in [6, 6.07) is 4.31. The molecule has 0 bridgehead atoms. The quantitative estimate of drug-likeness (QED) is 0.602. The van der Waals surface area contributed by atoms with E-state index in [4.69, 9.17) is 4.74 Å². The summed E-state index contributed by atoms with van der Waals surface area (Å²) >= 11 is 3.07. The van der Waals surface area contributed by atoms with Gasteiger partial charge < -0.3 is 4.74 Å². The molecular formula is C10H9BrF4O.